The highest BCUT2D eigenvalue weighted by Gasteiger charge is 2.32. The van der Waals surface area contributed by atoms with Gasteiger partial charge in [0.15, 0.2) is 0 Å². The summed E-state index contributed by atoms with van der Waals surface area (Å²) in [6.45, 7) is 8.65. The molecule has 1 N–H and O–H groups in total. The van der Waals surface area contributed by atoms with Gasteiger partial charge in [-0.05, 0) is 32.8 Å². The van der Waals surface area contributed by atoms with E-state index in [0.29, 0.717) is 12.1 Å². The van der Waals surface area contributed by atoms with Crippen molar-refractivity contribution in [3.8, 4) is 11.3 Å². The van der Waals surface area contributed by atoms with Crippen LogP contribution in [0.15, 0.2) is 66.9 Å². The SMILES string of the molecule is CC(C)(C)n1ncc(C(=O)N2CCNCC2Cc2ccccc2)c1-c1ccccc1. The van der Waals surface area contributed by atoms with Gasteiger partial charge in [0.2, 0.25) is 0 Å². The van der Waals surface area contributed by atoms with Crippen molar-refractivity contribution in [1.29, 1.82) is 0 Å². The number of hydrogen-bond acceptors (Lipinski definition) is 3. The number of hydrogen-bond donors (Lipinski definition) is 1. The molecule has 1 fully saturated rings. The average molecular weight is 403 g/mol. The van der Waals surface area contributed by atoms with Crippen molar-refractivity contribution >= 4 is 5.91 Å². The van der Waals surface area contributed by atoms with E-state index < -0.39 is 0 Å². The zero-order valence-corrected chi connectivity index (χ0v) is 18.0. The summed E-state index contributed by atoms with van der Waals surface area (Å²) in [5.41, 5.74) is 3.61. The summed E-state index contributed by atoms with van der Waals surface area (Å²) in [6.07, 6.45) is 2.59. The van der Waals surface area contributed by atoms with Crippen LogP contribution in [0.25, 0.3) is 11.3 Å². The quantitative estimate of drug-likeness (QED) is 0.719. The molecular weight excluding hydrogens is 372 g/mol. The van der Waals surface area contributed by atoms with Gasteiger partial charge in [-0.25, -0.2) is 0 Å². The van der Waals surface area contributed by atoms with Crippen LogP contribution in [-0.2, 0) is 12.0 Å². The Morgan fingerprint density at radius 1 is 1.07 bits per heavy atom. The Hall–Kier alpha value is -2.92. The first-order valence-electron chi connectivity index (χ1n) is 10.6. The second-order valence-corrected chi connectivity index (χ2v) is 8.90. The summed E-state index contributed by atoms with van der Waals surface area (Å²) in [7, 11) is 0. The van der Waals surface area contributed by atoms with Crippen molar-refractivity contribution < 1.29 is 4.79 Å². The molecule has 0 saturated carbocycles. The first-order valence-corrected chi connectivity index (χ1v) is 10.6. The molecule has 0 spiro atoms. The molecule has 3 aromatic rings. The lowest BCUT2D eigenvalue weighted by Crippen LogP contribution is -2.54. The maximum Gasteiger partial charge on any atom is 0.258 e. The molecule has 1 aliphatic heterocycles. The lowest BCUT2D eigenvalue weighted by molar-refractivity contribution is 0.0636. The van der Waals surface area contributed by atoms with Gasteiger partial charge in [0, 0.05) is 31.2 Å². The molecule has 156 valence electrons. The summed E-state index contributed by atoms with van der Waals surface area (Å²) < 4.78 is 1.98. The third-order valence-electron chi connectivity index (χ3n) is 5.61. The van der Waals surface area contributed by atoms with E-state index in [4.69, 9.17) is 0 Å². The molecular formula is C25H30N4O. The second kappa shape index (κ2) is 8.44. The molecule has 5 heteroatoms. The predicted molar refractivity (Wildman–Crippen MR) is 120 cm³/mol. The maximum atomic E-state index is 13.8. The molecule has 2 heterocycles. The van der Waals surface area contributed by atoms with Crippen molar-refractivity contribution in [2.24, 2.45) is 0 Å². The Morgan fingerprint density at radius 2 is 1.73 bits per heavy atom. The lowest BCUT2D eigenvalue weighted by Gasteiger charge is -2.36. The Kier molecular flexibility index (Phi) is 5.73. The number of piperazine rings is 1. The molecule has 2 aromatic carbocycles. The monoisotopic (exact) mass is 402 g/mol. The minimum atomic E-state index is -0.226. The van der Waals surface area contributed by atoms with Gasteiger partial charge in [0.25, 0.3) is 5.91 Å². The van der Waals surface area contributed by atoms with Gasteiger partial charge in [-0.2, -0.15) is 5.10 Å². The fourth-order valence-electron chi connectivity index (χ4n) is 4.14. The maximum absolute atomic E-state index is 13.8. The highest BCUT2D eigenvalue weighted by molar-refractivity contribution is 6.00. The molecule has 30 heavy (non-hydrogen) atoms. The molecule has 5 nitrogen and oxygen atoms in total. The fraction of sp³-hybridized carbons (Fsp3) is 0.360. The molecule has 1 atom stereocenters. The molecule has 1 aliphatic rings. The molecule has 1 unspecified atom stereocenters. The summed E-state index contributed by atoms with van der Waals surface area (Å²) >= 11 is 0. The number of carbonyl (C=O) groups is 1. The van der Waals surface area contributed by atoms with Crippen LogP contribution in [-0.4, -0.2) is 46.3 Å². The number of aromatic nitrogens is 2. The molecule has 0 bridgehead atoms. The van der Waals surface area contributed by atoms with Gasteiger partial charge in [0.05, 0.1) is 23.0 Å². The van der Waals surface area contributed by atoms with Gasteiger partial charge in [-0.3, -0.25) is 9.48 Å². The third-order valence-corrected chi connectivity index (χ3v) is 5.61. The van der Waals surface area contributed by atoms with Crippen molar-refractivity contribution in [2.45, 2.75) is 38.8 Å². The van der Waals surface area contributed by atoms with Gasteiger partial charge in [-0.15, -0.1) is 0 Å². The Morgan fingerprint density at radius 3 is 2.40 bits per heavy atom. The van der Waals surface area contributed by atoms with E-state index in [-0.39, 0.29) is 17.5 Å². The summed E-state index contributed by atoms with van der Waals surface area (Å²) in [5.74, 6) is 0.0618. The molecule has 1 amide bonds. The highest BCUT2D eigenvalue weighted by atomic mass is 16.2. The standard InChI is InChI=1S/C25H30N4O/c1-25(2,3)29-23(20-12-8-5-9-13-20)22(18-27-29)24(30)28-15-14-26-17-21(28)16-19-10-6-4-7-11-19/h4-13,18,21,26H,14-17H2,1-3H3. The topological polar surface area (TPSA) is 50.2 Å². The minimum absolute atomic E-state index is 0.0618. The van der Waals surface area contributed by atoms with Crippen LogP contribution in [0.2, 0.25) is 0 Å². The van der Waals surface area contributed by atoms with E-state index >= 15 is 0 Å². The number of nitrogens with zero attached hydrogens (tertiary/aromatic N) is 3. The van der Waals surface area contributed by atoms with E-state index in [0.717, 1.165) is 30.8 Å². The van der Waals surface area contributed by atoms with Gasteiger partial charge >= 0.3 is 0 Å². The largest absolute Gasteiger partial charge is 0.333 e. The highest BCUT2D eigenvalue weighted by Crippen LogP contribution is 2.30. The number of rotatable bonds is 4. The Labute approximate surface area is 178 Å². The van der Waals surface area contributed by atoms with E-state index in [9.17, 15) is 4.79 Å². The lowest BCUT2D eigenvalue weighted by atomic mass is 10.00. The smallest absolute Gasteiger partial charge is 0.258 e. The first kappa shape index (κ1) is 20.4. The normalized spacial score (nSPS) is 17.2. The van der Waals surface area contributed by atoms with Crippen molar-refractivity contribution in [3.63, 3.8) is 0 Å². The van der Waals surface area contributed by atoms with Crippen LogP contribution in [0, 0.1) is 0 Å². The predicted octanol–water partition coefficient (Wildman–Crippen LogP) is 3.96. The molecule has 0 aliphatic carbocycles. The van der Waals surface area contributed by atoms with E-state index in [1.165, 1.54) is 5.56 Å². The zero-order chi connectivity index (χ0) is 21.1. The number of carbonyl (C=O) groups excluding carboxylic acids is 1. The summed E-state index contributed by atoms with van der Waals surface area (Å²) in [4.78, 5) is 15.8. The molecule has 1 aromatic heterocycles. The van der Waals surface area contributed by atoms with Crippen LogP contribution in [0.5, 0.6) is 0 Å². The average Bonchev–Trinajstić information content (AvgIpc) is 3.21. The van der Waals surface area contributed by atoms with E-state index in [2.05, 4.69) is 67.6 Å². The number of benzene rings is 2. The molecule has 4 rings (SSSR count). The Bertz CT molecular complexity index is 989. The number of nitrogens with one attached hydrogen (secondary N) is 1. The minimum Gasteiger partial charge on any atom is -0.333 e. The summed E-state index contributed by atoms with van der Waals surface area (Å²) in [5, 5.41) is 8.09. The molecule has 0 radical (unpaired) electrons. The zero-order valence-electron chi connectivity index (χ0n) is 18.0. The van der Waals surface area contributed by atoms with Gasteiger partial charge < -0.3 is 10.2 Å². The molecule has 1 saturated heterocycles. The van der Waals surface area contributed by atoms with Gasteiger partial charge in [-0.1, -0.05) is 60.7 Å². The van der Waals surface area contributed by atoms with Crippen LogP contribution in [0.4, 0.5) is 0 Å². The van der Waals surface area contributed by atoms with Crippen molar-refractivity contribution in [1.82, 2.24) is 20.0 Å². The van der Waals surface area contributed by atoms with E-state index in [1.54, 1.807) is 6.20 Å². The van der Waals surface area contributed by atoms with Crippen LogP contribution >= 0.6 is 0 Å². The fourth-order valence-corrected chi connectivity index (χ4v) is 4.14. The third kappa shape index (κ3) is 4.17. The first-order chi connectivity index (χ1) is 14.4. The van der Waals surface area contributed by atoms with Crippen molar-refractivity contribution in [2.75, 3.05) is 19.6 Å². The Balaban J connectivity index is 1.70. The van der Waals surface area contributed by atoms with Crippen molar-refractivity contribution in [3.05, 3.63) is 78.0 Å². The van der Waals surface area contributed by atoms with Crippen LogP contribution in [0.1, 0.15) is 36.7 Å². The number of amides is 1. The summed E-state index contributed by atoms with van der Waals surface area (Å²) in [6, 6.07) is 20.6. The second-order valence-electron chi connectivity index (χ2n) is 8.90. The van der Waals surface area contributed by atoms with E-state index in [1.807, 2.05) is 33.8 Å². The van der Waals surface area contributed by atoms with Gasteiger partial charge in [0.1, 0.15) is 0 Å². The van der Waals surface area contributed by atoms with Crippen LogP contribution in [0.3, 0.4) is 0 Å². The van der Waals surface area contributed by atoms with Crippen LogP contribution < -0.4 is 5.32 Å².